The Morgan fingerprint density at radius 3 is 2.52 bits per heavy atom. The molecule has 0 saturated heterocycles. The van der Waals surface area contributed by atoms with E-state index in [1.54, 1.807) is 0 Å². The average Bonchev–Trinajstić information content (AvgIpc) is 3.17. The van der Waals surface area contributed by atoms with Crippen LogP contribution in [0, 0.1) is 0 Å². The average molecular weight is 393 g/mol. The number of anilines is 1. The highest BCUT2D eigenvalue weighted by molar-refractivity contribution is 5.92. The standard InChI is InChI=1S/C23H27N3O3/c1-5-28-19-9-7-6-8-18(19)24-20(27)14-15-21-25-22(26-29-21)16-10-12-17(13-11-16)23(2,3)4/h6-13H,5,14-15H2,1-4H3,(H,24,27). The maximum absolute atomic E-state index is 12.3. The second kappa shape index (κ2) is 8.90. The van der Waals surface area contributed by atoms with Crippen LogP contribution in [0.5, 0.6) is 5.75 Å². The van der Waals surface area contributed by atoms with E-state index >= 15 is 0 Å². The number of para-hydroxylation sites is 2. The predicted octanol–water partition coefficient (Wildman–Crippen LogP) is 5.00. The van der Waals surface area contributed by atoms with Crippen LogP contribution in [0.1, 0.15) is 45.6 Å². The molecular formula is C23H27N3O3. The Balaban J connectivity index is 1.59. The molecule has 2 aromatic carbocycles. The number of benzene rings is 2. The van der Waals surface area contributed by atoms with Crippen LogP contribution in [0.4, 0.5) is 5.69 Å². The van der Waals surface area contributed by atoms with E-state index in [2.05, 4.69) is 48.4 Å². The molecule has 0 aliphatic carbocycles. The number of carbonyl (C=O) groups is 1. The van der Waals surface area contributed by atoms with Crippen molar-refractivity contribution in [2.75, 3.05) is 11.9 Å². The quantitative estimate of drug-likeness (QED) is 0.611. The first kappa shape index (κ1) is 20.6. The number of ether oxygens (including phenoxy) is 1. The third-order valence-corrected chi connectivity index (χ3v) is 4.50. The molecule has 6 nitrogen and oxygen atoms in total. The van der Waals surface area contributed by atoms with Gasteiger partial charge < -0.3 is 14.6 Å². The predicted molar refractivity (Wildman–Crippen MR) is 113 cm³/mol. The topological polar surface area (TPSA) is 77.2 Å². The number of carbonyl (C=O) groups excluding carboxylic acids is 1. The lowest BCUT2D eigenvalue weighted by Gasteiger charge is -2.18. The molecule has 0 aliphatic rings. The maximum atomic E-state index is 12.3. The second-order valence-electron chi connectivity index (χ2n) is 7.82. The molecule has 1 aromatic heterocycles. The molecule has 1 heterocycles. The third-order valence-electron chi connectivity index (χ3n) is 4.50. The summed E-state index contributed by atoms with van der Waals surface area (Å²) in [6.07, 6.45) is 0.612. The molecule has 29 heavy (non-hydrogen) atoms. The molecule has 152 valence electrons. The molecule has 3 aromatic rings. The maximum Gasteiger partial charge on any atom is 0.227 e. The number of aryl methyl sites for hydroxylation is 1. The van der Waals surface area contributed by atoms with Crippen LogP contribution in [0.3, 0.4) is 0 Å². The first-order valence-corrected chi connectivity index (χ1v) is 9.82. The van der Waals surface area contributed by atoms with Crippen molar-refractivity contribution in [3.63, 3.8) is 0 Å². The summed E-state index contributed by atoms with van der Waals surface area (Å²) >= 11 is 0. The first-order chi connectivity index (χ1) is 13.9. The van der Waals surface area contributed by atoms with E-state index in [4.69, 9.17) is 9.26 Å². The van der Waals surface area contributed by atoms with Gasteiger partial charge >= 0.3 is 0 Å². The van der Waals surface area contributed by atoms with Crippen LogP contribution in [0.2, 0.25) is 0 Å². The summed E-state index contributed by atoms with van der Waals surface area (Å²) in [6.45, 7) is 8.96. The molecule has 0 bridgehead atoms. The van der Waals surface area contributed by atoms with Gasteiger partial charge in [-0.15, -0.1) is 0 Å². The molecule has 0 fully saturated rings. The Labute approximate surface area is 171 Å². The fourth-order valence-electron chi connectivity index (χ4n) is 2.88. The Hall–Kier alpha value is -3.15. The van der Waals surface area contributed by atoms with Crippen molar-refractivity contribution < 1.29 is 14.1 Å². The fraction of sp³-hybridized carbons (Fsp3) is 0.348. The number of amides is 1. The largest absolute Gasteiger partial charge is 0.492 e. The molecular weight excluding hydrogens is 366 g/mol. The molecule has 1 N–H and O–H groups in total. The van der Waals surface area contributed by atoms with Crippen LogP contribution in [0.25, 0.3) is 11.4 Å². The molecule has 3 rings (SSSR count). The summed E-state index contributed by atoms with van der Waals surface area (Å²) in [6, 6.07) is 15.5. The van der Waals surface area contributed by atoms with Gasteiger partial charge in [0.15, 0.2) is 0 Å². The van der Waals surface area contributed by atoms with Gasteiger partial charge in [-0.2, -0.15) is 4.98 Å². The molecule has 0 spiro atoms. The Morgan fingerprint density at radius 2 is 1.83 bits per heavy atom. The fourth-order valence-corrected chi connectivity index (χ4v) is 2.88. The molecule has 0 aliphatic heterocycles. The van der Waals surface area contributed by atoms with E-state index in [0.717, 1.165) is 5.56 Å². The van der Waals surface area contributed by atoms with E-state index in [9.17, 15) is 4.79 Å². The number of hydrogen-bond donors (Lipinski definition) is 1. The summed E-state index contributed by atoms with van der Waals surface area (Å²) in [5.41, 5.74) is 2.89. The van der Waals surface area contributed by atoms with Gasteiger partial charge in [0.2, 0.25) is 17.6 Å². The van der Waals surface area contributed by atoms with Crippen molar-refractivity contribution in [2.24, 2.45) is 0 Å². The van der Waals surface area contributed by atoms with Gasteiger partial charge in [-0.1, -0.05) is 62.3 Å². The zero-order valence-electron chi connectivity index (χ0n) is 17.4. The Kier molecular flexibility index (Phi) is 6.32. The van der Waals surface area contributed by atoms with E-state index in [1.807, 2.05) is 43.3 Å². The normalized spacial score (nSPS) is 11.3. The number of rotatable bonds is 7. The summed E-state index contributed by atoms with van der Waals surface area (Å²) in [4.78, 5) is 16.7. The number of hydrogen-bond acceptors (Lipinski definition) is 5. The van der Waals surface area contributed by atoms with Crippen molar-refractivity contribution in [1.29, 1.82) is 0 Å². The van der Waals surface area contributed by atoms with Crippen molar-refractivity contribution >= 4 is 11.6 Å². The highest BCUT2D eigenvalue weighted by Gasteiger charge is 2.15. The van der Waals surface area contributed by atoms with Gasteiger partial charge in [-0.05, 0) is 30.0 Å². The lowest BCUT2D eigenvalue weighted by Crippen LogP contribution is -2.13. The van der Waals surface area contributed by atoms with Gasteiger partial charge in [0.25, 0.3) is 0 Å². The Bertz CT molecular complexity index is 956. The molecule has 0 saturated carbocycles. The monoisotopic (exact) mass is 393 g/mol. The summed E-state index contributed by atoms with van der Waals surface area (Å²) in [7, 11) is 0. The third kappa shape index (κ3) is 5.44. The molecule has 1 amide bonds. The van der Waals surface area contributed by atoms with Gasteiger partial charge in [-0.3, -0.25) is 4.79 Å². The SMILES string of the molecule is CCOc1ccccc1NC(=O)CCc1nc(-c2ccc(C(C)(C)C)cc2)no1. The van der Waals surface area contributed by atoms with Crippen LogP contribution >= 0.6 is 0 Å². The zero-order valence-corrected chi connectivity index (χ0v) is 17.4. The summed E-state index contributed by atoms with van der Waals surface area (Å²) < 4.78 is 10.8. The Morgan fingerprint density at radius 1 is 1.10 bits per heavy atom. The highest BCUT2D eigenvalue weighted by Crippen LogP contribution is 2.26. The number of aromatic nitrogens is 2. The molecule has 0 radical (unpaired) electrons. The molecule has 0 atom stereocenters. The first-order valence-electron chi connectivity index (χ1n) is 9.82. The second-order valence-corrected chi connectivity index (χ2v) is 7.82. The number of nitrogens with zero attached hydrogens (tertiary/aromatic N) is 2. The summed E-state index contributed by atoms with van der Waals surface area (Å²) in [5.74, 6) is 1.49. The van der Waals surface area contributed by atoms with E-state index in [1.165, 1.54) is 5.56 Å². The minimum absolute atomic E-state index is 0.0924. The van der Waals surface area contributed by atoms with Gasteiger partial charge in [-0.25, -0.2) is 0 Å². The minimum atomic E-state index is -0.133. The molecule has 6 heteroatoms. The summed E-state index contributed by atoms with van der Waals surface area (Å²) in [5, 5.41) is 6.91. The van der Waals surface area contributed by atoms with Gasteiger partial charge in [0.1, 0.15) is 5.75 Å². The zero-order chi connectivity index (χ0) is 20.9. The van der Waals surface area contributed by atoms with Crippen molar-refractivity contribution in [3.05, 3.63) is 60.0 Å². The van der Waals surface area contributed by atoms with Crippen LogP contribution in [0.15, 0.2) is 53.1 Å². The van der Waals surface area contributed by atoms with Gasteiger partial charge in [0.05, 0.1) is 12.3 Å². The minimum Gasteiger partial charge on any atom is -0.492 e. The smallest absolute Gasteiger partial charge is 0.227 e. The van der Waals surface area contributed by atoms with Gasteiger partial charge in [0, 0.05) is 18.4 Å². The van der Waals surface area contributed by atoms with Crippen LogP contribution in [-0.4, -0.2) is 22.7 Å². The van der Waals surface area contributed by atoms with Crippen molar-refractivity contribution in [3.8, 4) is 17.1 Å². The van der Waals surface area contributed by atoms with Crippen LogP contribution in [-0.2, 0) is 16.6 Å². The lowest BCUT2D eigenvalue weighted by atomic mass is 9.87. The molecule has 0 unspecified atom stereocenters. The van der Waals surface area contributed by atoms with E-state index < -0.39 is 0 Å². The van der Waals surface area contributed by atoms with Crippen molar-refractivity contribution in [2.45, 2.75) is 46.0 Å². The highest BCUT2D eigenvalue weighted by atomic mass is 16.5. The van der Waals surface area contributed by atoms with E-state index in [-0.39, 0.29) is 17.7 Å². The van der Waals surface area contributed by atoms with E-state index in [0.29, 0.717) is 36.2 Å². The van der Waals surface area contributed by atoms with Crippen molar-refractivity contribution in [1.82, 2.24) is 10.1 Å². The lowest BCUT2D eigenvalue weighted by molar-refractivity contribution is -0.116. The number of nitrogens with one attached hydrogen (secondary N) is 1. The van der Waals surface area contributed by atoms with Crippen LogP contribution < -0.4 is 10.1 Å².